The van der Waals surface area contributed by atoms with E-state index < -0.39 is 0 Å². The van der Waals surface area contributed by atoms with E-state index in [1.165, 1.54) is 11.8 Å². The zero-order chi connectivity index (χ0) is 19.4. The largest absolute Gasteiger partial charge is 0.378 e. The van der Waals surface area contributed by atoms with Gasteiger partial charge in [0.1, 0.15) is 0 Å². The van der Waals surface area contributed by atoms with Crippen LogP contribution in [-0.2, 0) is 16.1 Å². The minimum atomic E-state index is 0.0912. The average molecular weight is 429 g/mol. The Balaban J connectivity index is 1.80. The summed E-state index contributed by atoms with van der Waals surface area (Å²) in [5, 5.41) is 10.5. The van der Waals surface area contributed by atoms with Crippen LogP contribution in [0.3, 0.4) is 0 Å². The molecule has 2 heterocycles. The molecule has 0 spiro atoms. The van der Waals surface area contributed by atoms with E-state index in [1.54, 1.807) is 12.1 Å². The summed E-state index contributed by atoms with van der Waals surface area (Å²) in [6.45, 7) is 7.46. The van der Waals surface area contributed by atoms with Crippen LogP contribution < -0.4 is 0 Å². The third-order valence-corrected chi connectivity index (χ3v) is 5.62. The molecule has 146 valence electrons. The van der Waals surface area contributed by atoms with E-state index in [0.29, 0.717) is 59.0 Å². The fourth-order valence-corrected chi connectivity index (χ4v) is 4.17. The van der Waals surface area contributed by atoms with Gasteiger partial charge in [-0.2, -0.15) is 0 Å². The Bertz CT molecular complexity index is 807. The molecule has 0 bridgehead atoms. The van der Waals surface area contributed by atoms with Crippen molar-refractivity contribution in [1.29, 1.82) is 0 Å². The predicted molar refractivity (Wildman–Crippen MR) is 108 cm³/mol. The Labute approximate surface area is 173 Å². The zero-order valence-electron chi connectivity index (χ0n) is 15.3. The van der Waals surface area contributed by atoms with Gasteiger partial charge in [-0.3, -0.25) is 4.79 Å². The number of hydrogen-bond acceptors (Lipinski definition) is 5. The van der Waals surface area contributed by atoms with Gasteiger partial charge in [-0.25, -0.2) is 0 Å². The van der Waals surface area contributed by atoms with Crippen LogP contribution in [0.1, 0.15) is 13.8 Å². The summed E-state index contributed by atoms with van der Waals surface area (Å²) < 4.78 is 7.32. The third kappa shape index (κ3) is 5.16. The van der Waals surface area contributed by atoms with Gasteiger partial charge in [0.2, 0.25) is 5.91 Å². The Hall–Kier alpha value is -1.28. The summed E-state index contributed by atoms with van der Waals surface area (Å²) in [4.78, 5) is 14.3. The van der Waals surface area contributed by atoms with Crippen molar-refractivity contribution in [3.63, 3.8) is 0 Å². The molecule has 1 aromatic heterocycles. The fraction of sp³-hybridized carbons (Fsp3) is 0.500. The Kier molecular flexibility index (Phi) is 7.03. The fourth-order valence-electron chi connectivity index (χ4n) is 2.83. The number of aromatic nitrogens is 3. The SMILES string of the molecule is CC(C)Cn1c(SCC(=O)N2CCOCC2)nnc1-c1ccc(Cl)cc1Cl. The summed E-state index contributed by atoms with van der Waals surface area (Å²) in [5.74, 6) is 1.49. The summed E-state index contributed by atoms with van der Waals surface area (Å²) in [6.07, 6.45) is 0. The highest BCUT2D eigenvalue weighted by atomic mass is 35.5. The number of carbonyl (C=O) groups is 1. The highest BCUT2D eigenvalue weighted by molar-refractivity contribution is 7.99. The number of amides is 1. The van der Waals surface area contributed by atoms with Gasteiger partial charge in [0.25, 0.3) is 0 Å². The summed E-state index contributed by atoms with van der Waals surface area (Å²) in [6, 6.07) is 5.33. The number of halogens is 2. The lowest BCUT2D eigenvalue weighted by molar-refractivity contribution is -0.132. The molecular weight excluding hydrogens is 407 g/mol. The molecular formula is C18H22Cl2N4O2S. The second kappa shape index (κ2) is 9.28. The molecule has 0 radical (unpaired) electrons. The molecule has 1 amide bonds. The molecule has 0 unspecified atom stereocenters. The standard InChI is InChI=1S/C18H22Cl2N4O2S/c1-12(2)10-24-17(14-4-3-13(19)9-15(14)20)21-22-18(24)27-11-16(25)23-5-7-26-8-6-23/h3-4,9,12H,5-8,10-11H2,1-2H3. The molecule has 1 fully saturated rings. The average Bonchev–Trinajstić information content (AvgIpc) is 3.02. The number of morpholine rings is 1. The highest BCUT2D eigenvalue weighted by Crippen LogP contribution is 2.32. The molecule has 1 saturated heterocycles. The second-order valence-electron chi connectivity index (χ2n) is 6.72. The van der Waals surface area contributed by atoms with Gasteiger partial charge in [0.05, 0.1) is 24.0 Å². The molecule has 1 aliphatic heterocycles. The van der Waals surface area contributed by atoms with Gasteiger partial charge in [-0.1, -0.05) is 48.8 Å². The predicted octanol–water partition coefficient (Wildman–Crippen LogP) is 3.86. The first-order valence-electron chi connectivity index (χ1n) is 8.82. The van der Waals surface area contributed by atoms with Gasteiger partial charge in [-0.15, -0.1) is 10.2 Å². The summed E-state index contributed by atoms with van der Waals surface area (Å²) in [7, 11) is 0. The van der Waals surface area contributed by atoms with Gasteiger partial charge in [0, 0.05) is 30.2 Å². The molecule has 0 saturated carbocycles. The molecule has 2 aromatic rings. The number of thioether (sulfide) groups is 1. The number of carbonyl (C=O) groups excluding carboxylic acids is 1. The zero-order valence-corrected chi connectivity index (χ0v) is 17.6. The normalized spacial score (nSPS) is 14.8. The van der Waals surface area contributed by atoms with Crippen LogP contribution >= 0.6 is 35.0 Å². The lowest BCUT2D eigenvalue weighted by Gasteiger charge is -2.26. The Morgan fingerprint density at radius 3 is 2.67 bits per heavy atom. The minimum Gasteiger partial charge on any atom is -0.378 e. The molecule has 6 nitrogen and oxygen atoms in total. The van der Waals surface area contributed by atoms with E-state index >= 15 is 0 Å². The topological polar surface area (TPSA) is 60.2 Å². The van der Waals surface area contributed by atoms with E-state index in [4.69, 9.17) is 27.9 Å². The van der Waals surface area contributed by atoms with E-state index in [-0.39, 0.29) is 5.91 Å². The first-order chi connectivity index (χ1) is 13.0. The maximum atomic E-state index is 12.4. The molecule has 1 aromatic carbocycles. The Morgan fingerprint density at radius 1 is 1.26 bits per heavy atom. The summed E-state index contributed by atoms with van der Waals surface area (Å²) >= 11 is 13.8. The van der Waals surface area contributed by atoms with Crippen LogP contribution in [0.2, 0.25) is 10.0 Å². The maximum absolute atomic E-state index is 12.4. The van der Waals surface area contributed by atoms with Gasteiger partial charge in [0.15, 0.2) is 11.0 Å². The van der Waals surface area contributed by atoms with Crippen molar-refractivity contribution < 1.29 is 9.53 Å². The van der Waals surface area contributed by atoms with Crippen LogP contribution in [0.5, 0.6) is 0 Å². The van der Waals surface area contributed by atoms with E-state index in [0.717, 1.165) is 12.1 Å². The van der Waals surface area contributed by atoms with E-state index in [9.17, 15) is 4.79 Å². The quantitative estimate of drug-likeness (QED) is 0.653. The third-order valence-electron chi connectivity index (χ3n) is 4.13. The number of ether oxygens (including phenoxy) is 1. The molecule has 1 aliphatic rings. The first kappa shape index (κ1) is 20.5. The molecule has 0 aliphatic carbocycles. The lowest BCUT2D eigenvalue weighted by Crippen LogP contribution is -2.41. The number of benzene rings is 1. The number of rotatable bonds is 6. The minimum absolute atomic E-state index is 0.0912. The van der Waals surface area contributed by atoms with Gasteiger partial charge in [-0.05, 0) is 24.1 Å². The maximum Gasteiger partial charge on any atom is 0.233 e. The van der Waals surface area contributed by atoms with Crippen molar-refractivity contribution in [1.82, 2.24) is 19.7 Å². The summed E-state index contributed by atoms with van der Waals surface area (Å²) in [5.41, 5.74) is 0.778. The molecule has 27 heavy (non-hydrogen) atoms. The van der Waals surface area contributed by atoms with Gasteiger partial charge >= 0.3 is 0 Å². The monoisotopic (exact) mass is 428 g/mol. The van der Waals surface area contributed by atoms with Crippen LogP contribution in [0, 0.1) is 5.92 Å². The van der Waals surface area contributed by atoms with E-state index in [2.05, 4.69) is 24.0 Å². The van der Waals surface area contributed by atoms with Crippen molar-refractivity contribution in [2.75, 3.05) is 32.1 Å². The second-order valence-corrected chi connectivity index (χ2v) is 8.50. The van der Waals surface area contributed by atoms with Crippen LogP contribution in [0.15, 0.2) is 23.4 Å². The van der Waals surface area contributed by atoms with Crippen molar-refractivity contribution in [2.24, 2.45) is 5.92 Å². The first-order valence-corrected chi connectivity index (χ1v) is 10.6. The molecule has 9 heteroatoms. The van der Waals surface area contributed by atoms with Crippen LogP contribution in [0.25, 0.3) is 11.4 Å². The number of nitrogens with zero attached hydrogens (tertiary/aromatic N) is 4. The van der Waals surface area contributed by atoms with Crippen molar-refractivity contribution in [3.8, 4) is 11.4 Å². The smallest absolute Gasteiger partial charge is 0.233 e. The molecule has 0 atom stereocenters. The van der Waals surface area contributed by atoms with Crippen LogP contribution in [0.4, 0.5) is 0 Å². The lowest BCUT2D eigenvalue weighted by atomic mass is 10.2. The van der Waals surface area contributed by atoms with Crippen molar-refractivity contribution >= 4 is 40.9 Å². The van der Waals surface area contributed by atoms with Crippen molar-refractivity contribution in [3.05, 3.63) is 28.2 Å². The number of hydrogen-bond donors (Lipinski definition) is 0. The van der Waals surface area contributed by atoms with Crippen molar-refractivity contribution in [2.45, 2.75) is 25.5 Å². The Morgan fingerprint density at radius 2 is 2.00 bits per heavy atom. The van der Waals surface area contributed by atoms with Gasteiger partial charge < -0.3 is 14.2 Å². The van der Waals surface area contributed by atoms with Crippen LogP contribution in [-0.4, -0.2) is 57.6 Å². The molecule has 0 N–H and O–H groups in total. The molecule has 3 rings (SSSR count). The highest BCUT2D eigenvalue weighted by Gasteiger charge is 2.21. The van der Waals surface area contributed by atoms with E-state index in [1.807, 2.05) is 15.5 Å².